The van der Waals surface area contributed by atoms with Crippen molar-refractivity contribution in [1.82, 2.24) is 0 Å². The molecule has 0 atom stereocenters. The minimum Gasteiger partial charge on any atom is -0.419 e. The lowest BCUT2D eigenvalue weighted by Crippen LogP contribution is -2.42. The van der Waals surface area contributed by atoms with Crippen molar-refractivity contribution in [2.24, 2.45) is 0 Å². The number of hydrogen-bond donors (Lipinski definition) is 1. The number of ether oxygens (including phenoxy) is 2. The summed E-state index contributed by atoms with van der Waals surface area (Å²) < 4.78 is 10.1. The molecule has 5 heteroatoms. The zero-order valence-electron chi connectivity index (χ0n) is 15.3. The molecule has 2 aromatic rings. The summed E-state index contributed by atoms with van der Waals surface area (Å²) in [6.07, 6.45) is 1.32. The Hall–Kier alpha value is -3.08. The molecular formula is C21H21NO4. The van der Waals surface area contributed by atoms with Crippen LogP contribution in [0.5, 0.6) is 0 Å². The second kappa shape index (κ2) is 6.67. The number of cyclic esters (lactones) is 2. The summed E-state index contributed by atoms with van der Waals surface area (Å²) in [7, 11) is 0. The van der Waals surface area contributed by atoms with E-state index in [0.717, 1.165) is 16.8 Å². The molecule has 0 aliphatic carbocycles. The summed E-state index contributed by atoms with van der Waals surface area (Å²) in [5.41, 5.74) is 5.11. The van der Waals surface area contributed by atoms with Gasteiger partial charge in [0, 0.05) is 25.7 Å². The molecule has 0 aromatic heterocycles. The van der Waals surface area contributed by atoms with E-state index in [0.29, 0.717) is 0 Å². The van der Waals surface area contributed by atoms with E-state index in [2.05, 4.69) is 37.4 Å². The first-order valence-corrected chi connectivity index (χ1v) is 8.36. The van der Waals surface area contributed by atoms with Gasteiger partial charge in [0.15, 0.2) is 5.57 Å². The number of esters is 2. The van der Waals surface area contributed by atoms with E-state index in [9.17, 15) is 9.59 Å². The summed E-state index contributed by atoms with van der Waals surface area (Å²) in [6, 6.07) is 14.1. The molecule has 0 saturated carbocycles. The van der Waals surface area contributed by atoms with Crippen LogP contribution >= 0.6 is 0 Å². The number of benzene rings is 2. The Bertz CT molecular complexity index is 870. The predicted molar refractivity (Wildman–Crippen MR) is 99.3 cm³/mol. The van der Waals surface area contributed by atoms with Gasteiger partial charge in [0.05, 0.1) is 0 Å². The van der Waals surface area contributed by atoms with Gasteiger partial charge >= 0.3 is 11.9 Å². The number of anilines is 1. The molecule has 26 heavy (non-hydrogen) atoms. The Labute approximate surface area is 152 Å². The standard InChI is InChI=1S/C21H21NO4/c1-13-8-14(2)10-16(9-13)15-6-5-7-17(11-15)22-12-18-19(23)25-21(3,4)26-20(18)24/h5-12,22H,1-4H3. The number of carbonyl (C=O) groups excluding carboxylic acids is 2. The van der Waals surface area contributed by atoms with Crippen molar-refractivity contribution in [2.45, 2.75) is 33.5 Å². The zero-order valence-corrected chi connectivity index (χ0v) is 15.3. The third-order valence-electron chi connectivity index (χ3n) is 3.92. The van der Waals surface area contributed by atoms with Crippen LogP contribution < -0.4 is 5.32 Å². The van der Waals surface area contributed by atoms with Crippen molar-refractivity contribution in [3.05, 3.63) is 65.4 Å². The quantitative estimate of drug-likeness (QED) is 0.512. The van der Waals surface area contributed by atoms with E-state index in [1.807, 2.05) is 24.3 Å². The zero-order chi connectivity index (χ0) is 18.9. The lowest BCUT2D eigenvalue weighted by Gasteiger charge is -2.29. The first-order valence-electron chi connectivity index (χ1n) is 8.36. The Morgan fingerprint density at radius 3 is 2.12 bits per heavy atom. The summed E-state index contributed by atoms with van der Waals surface area (Å²) >= 11 is 0. The van der Waals surface area contributed by atoms with Crippen molar-refractivity contribution < 1.29 is 19.1 Å². The Morgan fingerprint density at radius 1 is 0.885 bits per heavy atom. The average molecular weight is 351 g/mol. The molecule has 1 aliphatic heterocycles. The summed E-state index contributed by atoms with van der Waals surface area (Å²) in [5.74, 6) is -2.65. The molecule has 1 heterocycles. The lowest BCUT2D eigenvalue weighted by molar-refractivity contribution is -0.222. The van der Waals surface area contributed by atoms with Crippen LogP contribution in [0.3, 0.4) is 0 Å². The van der Waals surface area contributed by atoms with Crippen LogP contribution in [0.4, 0.5) is 5.69 Å². The van der Waals surface area contributed by atoms with Crippen LogP contribution in [0.25, 0.3) is 11.1 Å². The molecule has 0 unspecified atom stereocenters. The Kier molecular flexibility index (Phi) is 4.55. The molecule has 134 valence electrons. The van der Waals surface area contributed by atoms with Crippen molar-refractivity contribution in [3.63, 3.8) is 0 Å². The van der Waals surface area contributed by atoms with Gasteiger partial charge in [-0.25, -0.2) is 9.59 Å². The van der Waals surface area contributed by atoms with Gasteiger partial charge in [0.1, 0.15) is 0 Å². The third kappa shape index (κ3) is 3.94. The van der Waals surface area contributed by atoms with E-state index in [1.54, 1.807) is 0 Å². The SMILES string of the molecule is Cc1cc(C)cc(-c2cccc(NC=C3C(=O)OC(C)(C)OC3=O)c2)c1. The minimum absolute atomic E-state index is 0.166. The van der Waals surface area contributed by atoms with Gasteiger partial charge < -0.3 is 14.8 Å². The number of aryl methyl sites for hydroxylation is 2. The lowest BCUT2D eigenvalue weighted by atomic mass is 10.0. The van der Waals surface area contributed by atoms with Crippen molar-refractivity contribution in [2.75, 3.05) is 5.32 Å². The second-order valence-electron chi connectivity index (χ2n) is 6.84. The maximum absolute atomic E-state index is 12.0. The largest absolute Gasteiger partial charge is 0.419 e. The highest BCUT2D eigenvalue weighted by Gasteiger charge is 2.38. The van der Waals surface area contributed by atoms with Gasteiger partial charge in [-0.05, 0) is 37.1 Å². The number of nitrogens with one attached hydrogen (secondary N) is 1. The molecule has 1 aliphatic rings. The molecule has 1 fully saturated rings. The smallest absolute Gasteiger partial charge is 0.350 e. The summed E-state index contributed by atoms with van der Waals surface area (Å²) in [6.45, 7) is 7.15. The molecular weight excluding hydrogens is 330 g/mol. The highest BCUT2D eigenvalue weighted by Crippen LogP contribution is 2.26. The van der Waals surface area contributed by atoms with Gasteiger partial charge in [-0.1, -0.05) is 41.5 Å². The maximum Gasteiger partial charge on any atom is 0.350 e. The van der Waals surface area contributed by atoms with Gasteiger partial charge in [-0.15, -0.1) is 0 Å². The monoisotopic (exact) mass is 351 g/mol. The van der Waals surface area contributed by atoms with E-state index in [-0.39, 0.29) is 5.57 Å². The highest BCUT2D eigenvalue weighted by atomic mass is 16.7. The van der Waals surface area contributed by atoms with Crippen molar-refractivity contribution >= 4 is 17.6 Å². The van der Waals surface area contributed by atoms with Crippen molar-refractivity contribution in [1.29, 1.82) is 0 Å². The molecule has 0 amide bonds. The number of hydrogen-bond acceptors (Lipinski definition) is 5. The molecule has 1 N–H and O–H groups in total. The topological polar surface area (TPSA) is 64.6 Å². The number of carbonyl (C=O) groups is 2. The normalized spacial score (nSPS) is 15.9. The van der Waals surface area contributed by atoms with E-state index < -0.39 is 17.7 Å². The van der Waals surface area contributed by atoms with Crippen LogP contribution in [-0.2, 0) is 19.1 Å². The van der Waals surface area contributed by atoms with Gasteiger partial charge in [0.25, 0.3) is 5.79 Å². The van der Waals surface area contributed by atoms with Crippen LogP contribution in [-0.4, -0.2) is 17.7 Å². The highest BCUT2D eigenvalue weighted by molar-refractivity contribution is 6.15. The van der Waals surface area contributed by atoms with Crippen molar-refractivity contribution in [3.8, 4) is 11.1 Å². The fourth-order valence-electron chi connectivity index (χ4n) is 2.86. The molecule has 0 radical (unpaired) electrons. The fraction of sp³-hybridized carbons (Fsp3) is 0.238. The average Bonchev–Trinajstić information content (AvgIpc) is 2.52. The molecule has 1 saturated heterocycles. The second-order valence-corrected chi connectivity index (χ2v) is 6.84. The fourth-order valence-corrected chi connectivity index (χ4v) is 2.86. The predicted octanol–water partition coefficient (Wildman–Crippen LogP) is 4.10. The summed E-state index contributed by atoms with van der Waals surface area (Å²) in [4.78, 5) is 23.9. The van der Waals surface area contributed by atoms with Gasteiger partial charge in [-0.3, -0.25) is 0 Å². The van der Waals surface area contributed by atoms with E-state index in [1.165, 1.54) is 31.2 Å². The van der Waals surface area contributed by atoms with E-state index >= 15 is 0 Å². The Balaban J connectivity index is 1.83. The molecule has 0 spiro atoms. The van der Waals surface area contributed by atoms with Crippen LogP contribution in [0.15, 0.2) is 54.2 Å². The van der Waals surface area contributed by atoms with Crippen LogP contribution in [0, 0.1) is 13.8 Å². The first kappa shape index (κ1) is 17.7. The minimum atomic E-state index is -1.24. The van der Waals surface area contributed by atoms with Gasteiger partial charge in [-0.2, -0.15) is 0 Å². The first-order chi connectivity index (χ1) is 12.2. The number of rotatable bonds is 3. The van der Waals surface area contributed by atoms with Gasteiger partial charge in [0.2, 0.25) is 0 Å². The molecule has 3 rings (SSSR count). The Morgan fingerprint density at radius 2 is 1.50 bits per heavy atom. The molecule has 0 bridgehead atoms. The van der Waals surface area contributed by atoms with Crippen LogP contribution in [0.1, 0.15) is 25.0 Å². The van der Waals surface area contributed by atoms with E-state index in [4.69, 9.17) is 9.47 Å². The molecule has 5 nitrogen and oxygen atoms in total. The molecule has 2 aromatic carbocycles. The van der Waals surface area contributed by atoms with Crippen LogP contribution in [0.2, 0.25) is 0 Å². The third-order valence-corrected chi connectivity index (χ3v) is 3.92. The maximum atomic E-state index is 12.0. The summed E-state index contributed by atoms with van der Waals surface area (Å²) in [5, 5.41) is 2.98.